The summed E-state index contributed by atoms with van der Waals surface area (Å²) in [7, 11) is 0. The molecule has 0 N–H and O–H groups in total. The maximum absolute atomic E-state index is 2.58. The summed E-state index contributed by atoms with van der Waals surface area (Å²) in [5.74, 6) is 0. The molecule has 0 aliphatic heterocycles. The molecule has 0 bridgehead atoms. The van der Waals surface area contributed by atoms with Crippen molar-refractivity contribution in [3.63, 3.8) is 0 Å². The Kier molecular flexibility index (Phi) is 9.91. The van der Waals surface area contributed by atoms with Crippen LogP contribution < -0.4 is 0 Å². The highest BCUT2D eigenvalue weighted by atomic mass is 32.1. The largest absolute Gasteiger partial charge is 0.339 e. The van der Waals surface area contributed by atoms with Crippen LogP contribution in [0, 0.1) is 0 Å². The second-order valence-corrected chi connectivity index (χ2v) is 13.8. The second-order valence-electron chi connectivity index (χ2n) is 9.72. The van der Waals surface area contributed by atoms with Gasteiger partial charge >= 0.3 is 0 Å². The maximum atomic E-state index is 2.58. The Morgan fingerprint density at radius 1 is 0.486 bits per heavy atom. The van der Waals surface area contributed by atoms with Gasteiger partial charge in [0.15, 0.2) is 0 Å². The van der Waals surface area contributed by atoms with Crippen LogP contribution in [-0.4, -0.2) is 4.57 Å². The van der Waals surface area contributed by atoms with Gasteiger partial charge in [-0.15, -0.1) is 45.3 Å². The minimum absolute atomic E-state index is 1.10. The molecule has 0 atom stereocenters. The first-order valence-corrected chi connectivity index (χ1v) is 17.2. The fourth-order valence-electron chi connectivity index (χ4n) is 4.95. The molecule has 37 heavy (non-hydrogen) atoms. The fraction of sp³-hybridized carbons (Fsp3) is 0.375. The zero-order valence-corrected chi connectivity index (χ0v) is 25.1. The van der Waals surface area contributed by atoms with E-state index in [9.17, 15) is 0 Å². The van der Waals surface area contributed by atoms with Crippen LogP contribution in [0.5, 0.6) is 0 Å². The molecule has 0 spiro atoms. The molecule has 0 radical (unpaired) electrons. The number of hydrogen-bond donors (Lipinski definition) is 0. The topological polar surface area (TPSA) is 4.93 Å². The minimum atomic E-state index is 1.10. The molecule has 5 rings (SSSR count). The van der Waals surface area contributed by atoms with Gasteiger partial charge in [0.25, 0.3) is 0 Å². The first-order chi connectivity index (χ1) is 18.3. The van der Waals surface area contributed by atoms with Crippen molar-refractivity contribution in [3.8, 4) is 40.7 Å². The molecule has 0 saturated heterocycles. The van der Waals surface area contributed by atoms with Gasteiger partial charge in [0, 0.05) is 26.1 Å². The molecule has 0 aliphatic rings. The zero-order valence-electron chi connectivity index (χ0n) is 21.8. The third-order valence-corrected chi connectivity index (χ3v) is 11.3. The molecule has 0 saturated carbocycles. The van der Waals surface area contributed by atoms with Gasteiger partial charge in [-0.1, -0.05) is 76.8 Å². The number of rotatable bonds is 15. The van der Waals surface area contributed by atoms with Crippen LogP contribution in [0.25, 0.3) is 40.7 Å². The number of aromatic nitrogens is 1. The standard InChI is InChI=1S/C32H37NS4/c1-2-3-4-5-6-7-8-9-10-11-22-33-25(27-14-12-23-34-27)16-17-26(33)28-18-19-31(36-28)32-21-20-30(37-32)29-15-13-24-35-29/h12-21,23-24H,2-11,22H2,1H3. The number of nitrogens with zero attached hydrogens (tertiary/aromatic N) is 1. The van der Waals surface area contributed by atoms with E-state index in [2.05, 4.69) is 82.9 Å². The first-order valence-electron chi connectivity index (χ1n) is 13.8. The predicted octanol–water partition coefficient (Wildman–Crippen LogP) is 12.3. The quantitative estimate of drug-likeness (QED) is 0.112. The van der Waals surface area contributed by atoms with E-state index in [4.69, 9.17) is 0 Å². The summed E-state index contributed by atoms with van der Waals surface area (Å²) in [4.78, 5) is 8.20. The third-order valence-electron chi connectivity index (χ3n) is 6.96. The molecule has 5 aromatic rings. The van der Waals surface area contributed by atoms with Gasteiger partial charge in [-0.25, -0.2) is 0 Å². The van der Waals surface area contributed by atoms with E-state index in [1.807, 2.05) is 45.3 Å². The SMILES string of the molecule is CCCCCCCCCCCCn1c(-c2cccs2)ccc1-c1ccc(-c2ccc(-c3cccs3)s2)s1. The number of unbranched alkanes of at least 4 members (excludes halogenated alkanes) is 9. The highest BCUT2D eigenvalue weighted by molar-refractivity contribution is 7.27. The van der Waals surface area contributed by atoms with Crippen LogP contribution in [0.1, 0.15) is 71.1 Å². The Bertz CT molecular complexity index is 1320. The van der Waals surface area contributed by atoms with Crippen LogP contribution in [0.4, 0.5) is 0 Å². The summed E-state index contributed by atoms with van der Waals surface area (Å²) in [5, 5.41) is 4.35. The van der Waals surface area contributed by atoms with E-state index in [0.29, 0.717) is 0 Å². The minimum Gasteiger partial charge on any atom is -0.339 e. The van der Waals surface area contributed by atoms with E-state index in [1.54, 1.807) is 0 Å². The summed E-state index contributed by atoms with van der Waals surface area (Å²) < 4.78 is 2.58. The van der Waals surface area contributed by atoms with Crippen molar-refractivity contribution in [2.45, 2.75) is 77.7 Å². The normalized spacial score (nSPS) is 11.5. The summed E-state index contributed by atoms with van der Waals surface area (Å²) in [6.07, 6.45) is 13.8. The Balaban J connectivity index is 1.24. The zero-order chi connectivity index (χ0) is 25.3. The molecule has 0 unspecified atom stereocenters. The summed E-state index contributed by atoms with van der Waals surface area (Å²) in [6, 6.07) is 22.6. The van der Waals surface area contributed by atoms with Crippen molar-refractivity contribution < 1.29 is 0 Å². The lowest BCUT2D eigenvalue weighted by Gasteiger charge is -2.12. The number of thiophene rings is 4. The molecular formula is C32H37NS4. The summed E-state index contributed by atoms with van der Waals surface area (Å²) >= 11 is 7.50. The van der Waals surface area contributed by atoms with Crippen LogP contribution >= 0.6 is 45.3 Å². The van der Waals surface area contributed by atoms with Crippen molar-refractivity contribution in [1.29, 1.82) is 0 Å². The van der Waals surface area contributed by atoms with Gasteiger partial charge in [-0.2, -0.15) is 0 Å². The average molecular weight is 564 g/mol. The Labute approximate surface area is 238 Å². The molecule has 0 aliphatic carbocycles. The van der Waals surface area contributed by atoms with E-state index >= 15 is 0 Å². The Hall–Kier alpha value is -1.92. The summed E-state index contributed by atoms with van der Waals surface area (Å²) in [5.41, 5.74) is 2.73. The van der Waals surface area contributed by atoms with Crippen LogP contribution in [0.2, 0.25) is 0 Å². The fourth-order valence-corrected chi connectivity index (χ4v) is 8.68. The van der Waals surface area contributed by atoms with Crippen molar-refractivity contribution in [2.75, 3.05) is 0 Å². The highest BCUT2D eigenvalue weighted by Crippen LogP contribution is 2.42. The van der Waals surface area contributed by atoms with Crippen molar-refractivity contribution in [1.82, 2.24) is 4.57 Å². The van der Waals surface area contributed by atoms with Gasteiger partial charge < -0.3 is 4.57 Å². The maximum Gasteiger partial charge on any atom is 0.0587 e. The van der Waals surface area contributed by atoms with E-state index in [1.165, 1.54) is 105 Å². The smallest absolute Gasteiger partial charge is 0.0587 e. The van der Waals surface area contributed by atoms with Gasteiger partial charge in [0.05, 0.1) is 21.1 Å². The van der Waals surface area contributed by atoms with Crippen molar-refractivity contribution in [3.05, 3.63) is 71.4 Å². The lowest BCUT2D eigenvalue weighted by Crippen LogP contribution is -2.01. The average Bonchev–Trinajstić information content (AvgIpc) is 3.74. The Morgan fingerprint density at radius 2 is 0.973 bits per heavy atom. The van der Waals surface area contributed by atoms with Crippen LogP contribution in [-0.2, 0) is 6.54 Å². The lowest BCUT2D eigenvalue weighted by atomic mass is 10.1. The van der Waals surface area contributed by atoms with Crippen LogP contribution in [0.15, 0.2) is 71.4 Å². The van der Waals surface area contributed by atoms with Gasteiger partial charge in [0.1, 0.15) is 0 Å². The van der Waals surface area contributed by atoms with E-state index in [0.717, 1.165) is 6.54 Å². The van der Waals surface area contributed by atoms with Gasteiger partial charge in [0.2, 0.25) is 0 Å². The first kappa shape index (κ1) is 26.7. The molecule has 1 nitrogen and oxygen atoms in total. The Morgan fingerprint density at radius 3 is 1.57 bits per heavy atom. The van der Waals surface area contributed by atoms with E-state index < -0.39 is 0 Å². The molecule has 5 heteroatoms. The molecule has 0 amide bonds. The molecule has 5 aromatic heterocycles. The van der Waals surface area contributed by atoms with Crippen molar-refractivity contribution in [2.24, 2.45) is 0 Å². The van der Waals surface area contributed by atoms with Crippen LogP contribution in [0.3, 0.4) is 0 Å². The van der Waals surface area contributed by atoms with E-state index in [-0.39, 0.29) is 0 Å². The second kappa shape index (κ2) is 13.7. The third kappa shape index (κ3) is 6.94. The van der Waals surface area contributed by atoms with Crippen molar-refractivity contribution >= 4 is 45.3 Å². The predicted molar refractivity (Wildman–Crippen MR) is 170 cm³/mol. The number of hydrogen-bond acceptors (Lipinski definition) is 4. The lowest BCUT2D eigenvalue weighted by molar-refractivity contribution is 0.538. The highest BCUT2D eigenvalue weighted by Gasteiger charge is 2.15. The van der Waals surface area contributed by atoms with Gasteiger partial charge in [-0.05, 0) is 65.7 Å². The van der Waals surface area contributed by atoms with Gasteiger partial charge in [-0.3, -0.25) is 0 Å². The monoisotopic (exact) mass is 563 g/mol. The molecular weight excluding hydrogens is 527 g/mol. The molecule has 0 fully saturated rings. The molecule has 0 aromatic carbocycles. The molecule has 194 valence electrons. The summed E-state index contributed by atoms with van der Waals surface area (Å²) in [6.45, 7) is 3.39. The molecule has 5 heterocycles.